The molecule has 4 atom stereocenters. The maximum Gasteiger partial charge on any atom is 0.303 e. The van der Waals surface area contributed by atoms with Gasteiger partial charge in [0.15, 0.2) is 23.1 Å². The lowest BCUT2D eigenvalue weighted by Gasteiger charge is -2.34. The quantitative estimate of drug-likeness (QED) is 0.294. The third kappa shape index (κ3) is 4.44. The highest BCUT2D eigenvalue weighted by Gasteiger charge is 2.60. The van der Waals surface area contributed by atoms with Crippen molar-refractivity contribution in [2.24, 2.45) is 0 Å². The van der Waals surface area contributed by atoms with Crippen LogP contribution in [0.5, 0.6) is 0 Å². The van der Waals surface area contributed by atoms with E-state index in [1.165, 1.54) is 32.5 Å². The summed E-state index contributed by atoms with van der Waals surface area (Å²) in [7, 11) is 0. The maximum absolute atomic E-state index is 12.0. The number of ether oxygens (including phenoxy) is 4. The fourth-order valence-electron chi connectivity index (χ4n) is 3.66. The van der Waals surface area contributed by atoms with E-state index in [0.717, 1.165) is 0 Å². The van der Waals surface area contributed by atoms with Gasteiger partial charge in [-0.25, -0.2) is 9.97 Å². The van der Waals surface area contributed by atoms with Gasteiger partial charge < -0.3 is 29.2 Å². The van der Waals surface area contributed by atoms with E-state index < -0.39 is 41.9 Å². The molecule has 2 unspecified atom stereocenters. The van der Waals surface area contributed by atoms with Crippen molar-refractivity contribution in [3.63, 3.8) is 0 Å². The third-order valence-electron chi connectivity index (χ3n) is 4.82. The first-order valence-electron chi connectivity index (χ1n) is 9.40. The summed E-state index contributed by atoms with van der Waals surface area (Å²) in [5.41, 5.74) is 5.07. The van der Waals surface area contributed by atoms with Crippen LogP contribution in [0.3, 0.4) is 0 Å². The maximum atomic E-state index is 12.0. The van der Waals surface area contributed by atoms with Gasteiger partial charge in [0.25, 0.3) is 0 Å². The molecule has 2 aromatic heterocycles. The minimum Gasteiger partial charge on any atom is -0.463 e. The molecule has 1 aliphatic heterocycles. The molecule has 0 spiro atoms. The van der Waals surface area contributed by atoms with Gasteiger partial charge in [0, 0.05) is 27.0 Å². The first kappa shape index (κ1) is 22.8. The van der Waals surface area contributed by atoms with Crippen molar-refractivity contribution in [3.05, 3.63) is 12.3 Å². The molecule has 0 aliphatic carbocycles. The van der Waals surface area contributed by atoms with Gasteiger partial charge in [-0.05, 0) is 19.2 Å². The fraction of sp³-hybridized carbons (Fsp3) is 0.526. The van der Waals surface area contributed by atoms with Crippen molar-refractivity contribution in [2.75, 3.05) is 18.6 Å². The minimum atomic E-state index is -1.45. The van der Waals surface area contributed by atoms with Crippen LogP contribution in [0.25, 0.3) is 11.0 Å². The molecule has 168 valence electrons. The Balaban J connectivity index is 2.13. The average molecular weight is 452 g/mol. The standard InChI is InChI=1S/C19H24N4O7S/c1-9(24)27-8-13-14(28-10(2)25)19(4,30-11(3)26)17(29-13)23-7-6-12-15(20)21-18(31-5)22-16(12)23/h6-7,13-14,17H,8H2,1-5H3,(H2,20,21,22)/t13-,14-,17?,19?/m1/s1. The highest BCUT2D eigenvalue weighted by Crippen LogP contribution is 2.44. The van der Waals surface area contributed by atoms with E-state index in [1.54, 1.807) is 23.8 Å². The zero-order valence-electron chi connectivity index (χ0n) is 17.8. The number of nitrogen functional groups attached to an aromatic ring is 1. The predicted octanol–water partition coefficient (Wildman–Crippen LogP) is 1.45. The molecule has 1 saturated heterocycles. The third-order valence-corrected chi connectivity index (χ3v) is 5.37. The highest BCUT2D eigenvalue weighted by molar-refractivity contribution is 7.98. The second kappa shape index (κ2) is 8.71. The molecular weight excluding hydrogens is 428 g/mol. The van der Waals surface area contributed by atoms with Crippen molar-refractivity contribution in [3.8, 4) is 0 Å². The summed E-state index contributed by atoms with van der Waals surface area (Å²) in [4.78, 5) is 43.9. The Kier molecular flexibility index (Phi) is 6.41. The predicted molar refractivity (Wildman–Crippen MR) is 110 cm³/mol. The first-order valence-corrected chi connectivity index (χ1v) is 10.6. The minimum absolute atomic E-state index is 0.201. The van der Waals surface area contributed by atoms with Crippen LogP contribution in [-0.2, 0) is 33.3 Å². The van der Waals surface area contributed by atoms with Gasteiger partial charge in [-0.2, -0.15) is 0 Å². The molecule has 1 fully saturated rings. The Morgan fingerprint density at radius 3 is 2.52 bits per heavy atom. The normalized spacial score (nSPS) is 25.4. The number of nitrogens with zero attached hydrogens (tertiary/aromatic N) is 3. The Labute approximate surface area is 182 Å². The summed E-state index contributed by atoms with van der Waals surface area (Å²) in [5, 5.41) is 1.03. The lowest BCUT2D eigenvalue weighted by Crippen LogP contribution is -2.50. The van der Waals surface area contributed by atoms with Crippen LogP contribution in [-0.4, -0.2) is 63.1 Å². The molecule has 1 aliphatic rings. The summed E-state index contributed by atoms with van der Waals surface area (Å²) in [6, 6.07) is 1.71. The SMILES string of the molecule is CSc1nc(N)c2ccn(C3O[C@H](COC(C)=O)[C@@H](OC(C)=O)C3(C)OC(C)=O)c2n1. The molecule has 0 radical (unpaired) electrons. The van der Waals surface area contributed by atoms with E-state index in [0.29, 0.717) is 16.2 Å². The van der Waals surface area contributed by atoms with Gasteiger partial charge in [-0.3, -0.25) is 14.4 Å². The lowest BCUT2D eigenvalue weighted by atomic mass is 9.95. The van der Waals surface area contributed by atoms with Crippen molar-refractivity contribution in [1.29, 1.82) is 0 Å². The number of anilines is 1. The van der Waals surface area contributed by atoms with E-state index >= 15 is 0 Å². The van der Waals surface area contributed by atoms with E-state index in [2.05, 4.69) is 9.97 Å². The summed E-state index contributed by atoms with van der Waals surface area (Å²) in [6.45, 7) is 5.11. The number of rotatable bonds is 6. The van der Waals surface area contributed by atoms with Crippen molar-refractivity contribution in [2.45, 2.75) is 56.9 Å². The Bertz CT molecular complexity index is 1030. The summed E-state index contributed by atoms with van der Waals surface area (Å²) < 4.78 is 24.0. The largest absolute Gasteiger partial charge is 0.463 e. The van der Waals surface area contributed by atoms with Crippen molar-refractivity contribution < 1.29 is 33.3 Å². The topological polar surface area (TPSA) is 145 Å². The second-order valence-electron chi connectivity index (χ2n) is 7.19. The number of carbonyl (C=O) groups is 3. The molecule has 0 amide bonds. The summed E-state index contributed by atoms with van der Waals surface area (Å²) >= 11 is 1.32. The monoisotopic (exact) mass is 452 g/mol. The van der Waals surface area contributed by atoms with Gasteiger partial charge >= 0.3 is 17.9 Å². The molecule has 12 heteroatoms. The number of carbonyl (C=O) groups excluding carboxylic acids is 3. The highest BCUT2D eigenvalue weighted by atomic mass is 32.2. The number of nitrogens with two attached hydrogens (primary N) is 1. The van der Waals surface area contributed by atoms with E-state index in [9.17, 15) is 14.4 Å². The van der Waals surface area contributed by atoms with Crippen LogP contribution in [0.4, 0.5) is 5.82 Å². The van der Waals surface area contributed by atoms with E-state index in [-0.39, 0.29) is 12.4 Å². The number of hydrogen-bond donors (Lipinski definition) is 1. The lowest BCUT2D eigenvalue weighted by molar-refractivity contribution is -0.184. The molecular formula is C19H24N4O7S. The Hall–Kier alpha value is -2.86. The number of hydrogen-bond acceptors (Lipinski definition) is 11. The van der Waals surface area contributed by atoms with Gasteiger partial charge in [0.1, 0.15) is 24.2 Å². The fourth-order valence-corrected chi connectivity index (χ4v) is 4.02. The molecule has 0 aromatic carbocycles. The molecule has 2 aromatic rings. The molecule has 3 heterocycles. The van der Waals surface area contributed by atoms with Gasteiger partial charge in [0.05, 0.1) is 5.39 Å². The van der Waals surface area contributed by atoms with E-state index in [1.807, 2.05) is 6.26 Å². The van der Waals surface area contributed by atoms with Gasteiger partial charge in [-0.15, -0.1) is 0 Å². The smallest absolute Gasteiger partial charge is 0.303 e. The number of fused-ring (bicyclic) bond motifs is 1. The van der Waals surface area contributed by atoms with Crippen LogP contribution in [0.2, 0.25) is 0 Å². The van der Waals surface area contributed by atoms with Crippen LogP contribution >= 0.6 is 11.8 Å². The van der Waals surface area contributed by atoms with Gasteiger partial charge in [0.2, 0.25) is 0 Å². The number of esters is 3. The molecule has 2 N–H and O–H groups in total. The van der Waals surface area contributed by atoms with Crippen LogP contribution in [0, 0.1) is 0 Å². The zero-order valence-corrected chi connectivity index (χ0v) is 18.6. The van der Waals surface area contributed by atoms with Gasteiger partial charge in [-0.1, -0.05) is 11.8 Å². The molecule has 0 bridgehead atoms. The molecule has 0 saturated carbocycles. The second-order valence-corrected chi connectivity index (χ2v) is 7.97. The number of thioether (sulfide) groups is 1. The molecule has 11 nitrogen and oxygen atoms in total. The van der Waals surface area contributed by atoms with Crippen molar-refractivity contribution in [1.82, 2.24) is 14.5 Å². The van der Waals surface area contributed by atoms with E-state index in [4.69, 9.17) is 24.7 Å². The van der Waals surface area contributed by atoms with Crippen LogP contribution < -0.4 is 5.73 Å². The Morgan fingerprint density at radius 1 is 1.23 bits per heavy atom. The van der Waals surface area contributed by atoms with Crippen LogP contribution in [0.1, 0.15) is 33.9 Å². The Morgan fingerprint density at radius 2 is 1.94 bits per heavy atom. The molecule has 31 heavy (non-hydrogen) atoms. The first-order chi connectivity index (χ1) is 14.6. The summed E-state index contributed by atoms with van der Waals surface area (Å²) in [5.74, 6) is -1.45. The van der Waals surface area contributed by atoms with Crippen molar-refractivity contribution >= 4 is 46.5 Å². The number of aromatic nitrogens is 3. The summed E-state index contributed by atoms with van der Waals surface area (Å²) in [6.07, 6.45) is 0.594. The average Bonchev–Trinajstić information content (AvgIpc) is 3.19. The molecule has 3 rings (SSSR count). The van der Waals surface area contributed by atoms with Crippen LogP contribution in [0.15, 0.2) is 17.4 Å². The zero-order chi connectivity index (χ0) is 22.9.